The molecule has 2 nitrogen and oxygen atoms in total. The van der Waals surface area contributed by atoms with Gasteiger partial charge in [-0.25, -0.2) is 0 Å². The summed E-state index contributed by atoms with van der Waals surface area (Å²) >= 11 is 0. The highest BCUT2D eigenvalue weighted by atomic mass is 16.3. The highest BCUT2D eigenvalue weighted by Gasteiger charge is 2.37. The van der Waals surface area contributed by atoms with Crippen LogP contribution < -0.4 is 0 Å². The Hall–Kier alpha value is -0.0800. The van der Waals surface area contributed by atoms with Crippen molar-refractivity contribution < 1.29 is 5.11 Å². The predicted octanol–water partition coefficient (Wildman–Crippen LogP) is 2.27. The summed E-state index contributed by atoms with van der Waals surface area (Å²) in [6.45, 7) is 3.13. The molecule has 1 N–H and O–H groups in total. The fourth-order valence-corrected chi connectivity index (χ4v) is 3.16. The molecule has 3 rings (SSSR count). The summed E-state index contributed by atoms with van der Waals surface area (Å²) in [6.07, 6.45) is 9.86. The van der Waals surface area contributed by atoms with Crippen LogP contribution in [-0.2, 0) is 0 Å². The summed E-state index contributed by atoms with van der Waals surface area (Å²) in [7, 11) is 0. The van der Waals surface area contributed by atoms with Crippen LogP contribution in [-0.4, -0.2) is 35.7 Å². The fourth-order valence-electron chi connectivity index (χ4n) is 3.16. The third kappa shape index (κ3) is 2.43. The molecule has 0 aromatic heterocycles. The molecule has 0 spiro atoms. The van der Waals surface area contributed by atoms with E-state index >= 15 is 0 Å². The molecule has 0 amide bonds. The molecule has 0 aromatic carbocycles. The van der Waals surface area contributed by atoms with Crippen molar-refractivity contribution in [1.29, 1.82) is 0 Å². The summed E-state index contributed by atoms with van der Waals surface area (Å²) in [5, 5.41) is 9.10. The quantitative estimate of drug-likeness (QED) is 0.746. The Morgan fingerprint density at radius 3 is 1.94 bits per heavy atom. The molecule has 3 aliphatic carbocycles. The van der Waals surface area contributed by atoms with E-state index in [1.807, 2.05) is 0 Å². The number of aliphatic hydroxyl groups excluding tert-OH is 1. The Labute approximate surface area is 99.0 Å². The minimum absolute atomic E-state index is 0.414. The monoisotopic (exact) mass is 223 g/mol. The van der Waals surface area contributed by atoms with Crippen molar-refractivity contribution in [2.24, 2.45) is 17.8 Å². The predicted molar refractivity (Wildman–Crippen MR) is 65.2 cm³/mol. The van der Waals surface area contributed by atoms with E-state index in [0.29, 0.717) is 12.5 Å². The van der Waals surface area contributed by atoms with Crippen molar-refractivity contribution in [3.63, 3.8) is 0 Å². The largest absolute Gasteiger partial charge is 0.396 e. The minimum atomic E-state index is 0.414. The molecule has 3 saturated carbocycles. The van der Waals surface area contributed by atoms with Crippen LogP contribution in [0.3, 0.4) is 0 Å². The molecular weight excluding hydrogens is 198 g/mol. The normalized spacial score (nSPS) is 34.9. The zero-order valence-electron chi connectivity index (χ0n) is 10.3. The van der Waals surface area contributed by atoms with Crippen molar-refractivity contribution in [3.8, 4) is 0 Å². The molecule has 0 heterocycles. The molecule has 3 aliphatic rings. The van der Waals surface area contributed by atoms with E-state index in [-0.39, 0.29) is 0 Å². The van der Waals surface area contributed by atoms with E-state index in [2.05, 4.69) is 4.90 Å². The van der Waals surface area contributed by atoms with Crippen LogP contribution in [0.4, 0.5) is 0 Å². The Balaban J connectivity index is 1.47. The van der Waals surface area contributed by atoms with E-state index in [1.54, 1.807) is 0 Å². The lowest BCUT2D eigenvalue weighted by atomic mass is 9.78. The van der Waals surface area contributed by atoms with Gasteiger partial charge in [-0.3, -0.25) is 4.90 Å². The topological polar surface area (TPSA) is 23.5 Å². The van der Waals surface area contributed by atoms with Gasteiger partial charge in [0, 0.05) is 25.7 Å². The maximum absolute atomic E-state index is 9.10. The van der Waals surface area contributed by atoms with Gasteiger partial charge in [-0.15, -0.1) is 0 Å². The zero-order chi connectivity index (χ0) is 11.0. The molecular formula is C14H25NO. The average molecular weight is 223 g/mol. The lowest BCUT2D eigenvalue weighted by molar-refractivity contribution is 0.0246. The van der Waals surface area contributed by atoms with E-state index in [1.165, 1.54) is 58.0 Å². The van der Waals surface area contributed by atoms with Crippen molar-refractivity contribution in [1.82, 2.24) is 4.90 Å². The van der Waals surface area contributed by atoms with Gasteiger partial charge in [-0.05, 0) is 56.3 Å². The number of hydrogen-bond donors (Lipinski definition) is 1. The molecule has 0 bridgehead atoms. The smallest absolute Gasteiger partial charge is 0.0460 e. The van der Waals surface area contributed by atoms with Gasteiger partial charge in [-0.1, -0.05) is 6.42 Å². The lowest BCUT2D eigenvalue weighted by Gasteiger charge is -2.45. The van der Waals surface area contributed by atoms with Crippen molar-refractivity contribution >= 4 is 0 Å². The van der Waals surface area contributed by atoms with Crippen molar-refractivity contribution in [2.75, 3.05) is 19.7 Å². The molecule has 0 aliphatic heterocycles. The van der Waals surface area contributed by atoms with Gasteiger partial charge in [0.05, 0.1) is 0 Å². The first kappa shape index (κ1) is 11.0. The van der Waals surface area contributed by atoms with Crippen LogP contribution in [0.25, 0.3) is 0 Å². The number of nitrogens with zero attached hydrogens (tertiary/aromatic N) is 1. The minimum Gasteiger partial charge on any atom is -0.396 e. The second kappa shape index (κ2) is 4.66. The van der Waals surface area contributed by atoms with Crippen LogP contribution in [0.5, 0.6) is 0 Å². The first-order chi connectivity index (χ1) is 7.85. The standard InChI is InChI=1S/C14H25NO/c16-10-13-6-14(7-13)15(9-12-4-5-12)8-11-2-1-3-11/h11-14,16H,1-10H2. The van der Waals surface area contributed by atoms with Crippen molar-refractivity contribution in [2.45, 2.75) is 51.0 Å². The molecule has 92 valence electrons. The van der Waals surface area contributed by atoms with Gasteiger partial charge in [0.15, 0.2) is 0 Å². The Morgan fingerprint density at radius 2 is 1.50 bits per heavy atom. The summed E-state index contributed by atoms with van der Waals surface area (Å²) in [6, 6.07) is 0.818. The Morgan fingerprint density at radius 1 is 0.875 bits per heavy atom. The second-order valence-corrected chi connectivity index (χ2v) is 6.37. The number of aliphatic hydroxyl groups is 1. The van der Waals surface area contributed by atoms with E-state index in [4.69, 9.17) is 5.11 Å². The maximum atomic E-state index is 9.10. The number of hydrogen-bond acceptors (Lipinski definition) is 2. The van der Waals surface area contributed by atoms with Crippen molar-refractivity contribution in [3.05, 3.63) is 0 Å². The van der Waals surface area contributed by atoms with E-state index in [9.17, 15) is 0 Å². The first-order valence-corrected chi connectivity index (χ1v) is 7.20. The van der Waals surface area contributed by atoms with E-state index < -0.39 is 0 Å². The summed E-state index contributed by atoms with van der Waals surface area (Å²) in [5.74, 6) is 2.65. The Bertz CT molecular complexity index is 229. The summed E-state index contributed by atoms with van der Waals surface area (Å²) in [4.78, 5) is 2.77. The van der Waals surface area contributed by atoms with Crippen LogP contribution >= 0.6 is 0 Å². The first-order valence-electron chi connectivity index (χ1n) is 7.20. The molecule has 0 saturated heterocycles. The molecule has 0 radical (unpaired) electrons. The average Bonchev–Trinajstić information content (AvgIpc) is 2.92. The highest BCUT2D eigenvalue weighted by Crippen LogP contribution is 2.38. The fraction of sp³-hybridized carbons (Fsp3) is 1.00. The SMILES string of the molecule is OCC1CC(N(CC2CCC2)CC2CC2)C1. The molecule has 0 aromatic rings. The van der Waals surface area contributed by atoms with Gasteiger partial charge in [0.25, 0.3) is 0 Å². The molecule has 0 unspecified atom stereocenters. The summed E-state index contributed by atoms with van der Waals surface area (Å²) in [5.41, 5.74) is 0. The summed E-state index contributed by atoms with van der Waals surface area (Å²) < 4.78 is 0. The van der Waals surface area contributed by atoms with Crippen LogP contribution in [0.1, 0.15) is 44.9 Å². The van der Waals surface area contributed by atoms with Gasteiger partial charge >= 0.3 is 0 Å². The van der Waals surface area contributed by atoms with Gasteiger partial charge in [0.1, 0.15) is 0 Å². The third-order valence-corrected chi connectivity index (χ3v) is 4.89. The molecule has 2 heteroatoms. The van der Waals surface area contributed by atoms with Gasteiger partial charge < -0.3 is 5.11 Å². The van der Waals surface area contributed by atoms with E-state index in [0.717, 1.165) is 17.9 Å². The second-order valence-electron chi connectivity index (χ2n) is 6.37. The van der Waals surface area contributed by atoms with Gasteiger partial charge in [-0.2, -0.15) is 0 Å². The van der Waals surface area contributed by atoms with Crippen LogP contribution in [0, 0.1) is 17.8 Å². The molecule has 3 fully saturated rings. The van der Waals surface area contributed by atoms with Crippen LogP contribution in [0.2, 0.25) is 0 Å². The highest BCUT2D eigenvalue weighted by molar-refractivity contribution is 4.91. The van der Waals surface area contributed by atoms with Gasteiger partial charge in [0.2, 0.25) is 0 Å². The Kier molecular flexibility index (Phi) is 3.21. The molecule has 16 heavy (non-hydrogen) atoms. The molecule has 0 atom stereocenters. The zero-order valence-corrected chi connectivity index (χ0v) is 10.3. The lowest BCUT2D eigenvalue weighted by Crippen LogP contribution is -2.49. The third-order valence-electron chi connectivity index (χ3n) is 4.89. The maximum Gasteiger partial charge on any atom is 0.0460 e. The van der Waals surface area contributed by atoms with Crippen LogP contribution in [0.15, 0.2) is 0 Å². The number of rotatable bonds is 6.